The van der Waals surface area contributed by atoms with Crippen LogP contribution in [0.15, 0.2) is 59.4 Å². The van der Waals surface area contributed by atoms with Gasteiger partial charge in [-0.2, -0.15) is 0 Å². The van der Waals surface area contributed by atoms with E-state index in [1.807, 2.05) is 61.5 Å². The highest BCUT2D eigenvalue weighted by Crippen LogP contribution is 2.34. The second kappa shape index (κ2) is 8.71. The van der Waals surface area contributed by atoms with E-state index in [9.17, 15) is 4.79 Å². The summed E-state index contributed by atoms with van der Waals surface area (Å²) in [5.74, 6) is 1.44. The molecular formula is C24H28N4O2. The van der Waals surface area contributed by atoms with Gasteiger partial charge in [0.15, 0.2) is 0 Å². The fraction of sp³-hybridized carbons (Fsp3) is 0.333. The van der Waals surface area contributed by atoms with Crippen LogP contribution in [0.25, 0.3) is 0 Å². The molecule has 6 heteroatoms. The van der Waals surface area contributed by atoms with Gasteiger partial charge in [0.25, 0.3) is 5.56 Å². The molecule has 0 aliphatic carbocycles. The molecule has 2 aromatic carbocycles. The van der Waals surface area contributed by atoms with Crippen molar-refractivity contribution < 1.29 is 4.74 Å². The molecule has 0 amide bonds. The smallest absolute Gasteiger partial charge is 0.259 e. The molecule has 0 N–H and O–H groups in total. The Kier molecular flexibility index (Phi) is 5.86. The van der Waals surface area contributed by atoms with E-state index in [2.05, 4.69) is 16.7 Å². The molecule has 4 rings (SSSR count). The molecule has 0 atom stereocenters. The molecule has 0 unspecified atom stereocenters. The van der Waals surface area contributed by atoms with Gasteiger partial charge in [-0.15, -0.1) is 0 Å². The van der Waals surface area contributed by atoms with E-state index in [4.69, 9.17) is 9.72 Å². The lowest BCUT2D eigenvalue weighted by molar-refractivity contribution is 0.198. The molecule has 0 saturated heterocycles. The average Bonchev–Trinajstić information content (AvgIpc) is 2.77. The Bertz CT molecular complexity index is 1080. The minimum absolute atomic E-state index is 0.0297. The Morgan fingerprint density at radius 3 is 2.50 bits per heavy atom. The Morgan fingerprint density at radius 2 is 1.77 bits per heavy atom. The van der Waals surface area contributed by atoms with Gasteiger partial charge in [-0.3, -0.25) is 19.2 Å². The predicted molar refractivity (Wildman–Crippen MR) is 119 cm³/mol. The maximum atomic E-state index is 13.6. The van der Waals surface area contributed by atoms with Gasteiger partial charge < -0.3 is 4.74 Å². The number of ether oxygens (including phenoxy) is 1. The number of para-hydroxylation sites is 2. The molecule has 0 fully saturated rings. The van der Waals surface area contributed by atoms with Gasteiger partial charge in [0, 0.05) is 18.5 Å². The van der Waals surface area contributed by atoms with Crippen LogP contribution in [-0.2, 0) is 13.1 Å². The maximum Gasteiger partial charge on any atom is 0.259 e. The van der Waals surface area contributed by atoms with Crippen molar-refractivity contribution in [3.8, 4) is 5.75 Å². The summed E-state index contributed by atoms with van der Waals surface area (Å²) in [5, 5.41) is 0. The van der Waals surface area contributed by atoms with Crippen LogP contribution in [0.4, 0.5) is 11.6 Å². The van der Waals surface area contributed by atoms with Crippen molar-refractivity contribution in [3.63, 3.8) is 0 Å². The van der Waals surface area contributed by atoms with E-state index in [-0.39, 0.29) is 5.56 Å². The van der Waals surface area contributed by atoms with Crippen molar-refractivity contribution in [1.82, 2.24) is 14.5 Å². The SMILES string of the molecule is CCCN1CN(c2ccccc2OC)c2nc(C)c(Cc3ccccc3)c(=O)n2C1. The Morgan fingerprint density at radius 1 is 1.03 bits per heavy atom. The lowest BCUT2D eigenvalue weighted by Crippen LogP contribution is -2.48. The van der Waals surface area contributed by atoms with Gasteiger partial charge in [-0.05, 0) is 31.0 Å². The van der Waals surface area contributed by atoms with Crippen LogP contribution in [0.1, 0.15) is 30.2 Å². The summed E-state index contributed by atoms with van der Waals surface area (Å²) in [6, 6.07) is 18.0. The summed E-state index contributed by atoms with van der Waals surface area (Å²) in [7, 11) is 1.67. The number of aromatic nitrogens is 2. The highest BCUT2D eigenvalue weighted by molar-refractivity contribution is 5.66. The second-order valence-corrected chi connectivity index (χ2v) is 7.65. The molecule has 3 aromatic rings. The molecule has 1 aliphatic heterocycles. The van der Waals surface area contributed by atoms with E-state index in [1.54, 1.807) is 11.7 Å². The van der Waals surface area contributed by atoms with Crippen LogP contribution in [0.3, 0.4) is 0 Å². The molecule has 0 spiro atoms. The van der Waals surface area contributed by atoms with Crippen molar-refractivity contribution in [2.75, 3.05) is 25.2 Å². The molecular weight excluding hydrogens is 376 g/mol. The third-order valence-corrected chi connectivity index (χ3v) is 5.51. The summed E-state index contributed by atoms with van der Waals surface area (Å²) < 4.78 is 7.40. The van der Waals surface area contributed by atoms with Crippen molar-refractivity contribution >= 4 is 11.6 Å². The summed E-state index contributed by atoms with van der Waals surface area (Å²) in [6.45, 7) is 6.19. The van der Waals surface area contributed by atoms with Gasteiger partial charge in [0.05, 0.1) is 31.8 Å². The second-order valence-electron chi connectivity index (χ2n) is 7.65. The van der Waals surface area contributed by atoms with E-state index in [0.29, 0.717) is 25.7 Å². The highest BCUT2D eigenvalue weighted by atomic mass is 16.5. The van der Waals surface area contributed by atoms with Gasteiger partial charge in [-0.25, -0.2) is 4.98 Å². The van der Waals surface area contributed by atoms with Crippen LogP contribution in [-0.4, -0.2) is 34.8 Å². The minimum atomic E-state index is 0.0297. The topological polar surface area (TPSA) is 50.6 Å². The first-order chi connectivity index (χ1) is 14.6. The first-order valence-electron chi connectivity index (χ1n) is 10.4. The lowest BCUT2D eigenvalue weighted by Gasteiger charge is -2.38. The Hall–Kier alpha value is -3.12. The summed E-state index contributed by atoms with van der Waals surface area (Å²) >= 11 is 0. The fourth-order valence-corrected chi connectivity index (χ4v) is 4.03. The standard InChI is InChI=1S/C24H28N4O2/c1-4-14-26-16-27(21-12-8-9-13-22(21)30-3)24-25-18(2)20(23(29)28(24)17-26)15-19-10-6-5-7-11-19/h5-13H,4,14-17H2,1-3H3. The maximum absolute atomic E-state index is 13.6. The number of rotatable bonds is 6. The normalized spacial score (nSPS) is 13.9. The van der Waals surface area contributed by atoms with Crippen molar-refractivity contribution in [3.05, 3.63) is 81.8 Å². The van der Waals surface area contributed by atoms with Crippen molar-refractivity contribution in [2.24, 2.45) is 0 Å². The van der Waals surface area contributed by atoms with Crippen LogP contribution < -0.4 is 15.2 Å². The van der Waals surface area contributed by atoms with Crippen LogP contribution in [0, 0.1) is 6.92 Å². The summed E-state index contributed by atoms with van der Waals surface area (Å²) in [5.41, 5.74) is 3.59. The number of benzene rings is 2. The first kappa shape index (κ1) is 20.2. The van der Waals surface area contributed by atoms with E-state index in [1.165, 1.54) is 0 Å². The average molecular weight is 405 g/mol. The van der Waals surface area contributed by atoms with Gasteiger partial charge in [-0.1, -0.05) is 49.4 Å². The lowest BCUT2D eigenvalue weighted by atomic mass is 10.1. The van der Waals surface area contributed by atoms with Gasteiger partial charge in [0.2, 0.25) is 5.95 Å². The molecule has 0 saturated carbocycles. The van der Waals surface area contributed by atoms with Crippen LogP contribution in [0.2, 0.25) is 0 Å². The van der Waals surface area contributed by atoms with Crippen molar-refractivity contribution in [2.45, 2.75) is 33.4 Å². The van der Waals surface area contributed by atoms with E-state index in [0.717, 1.165) is 41.2 Å². The fourth-order valence-electron chi connectivity index (χ4n) is 4.03. The third-order valence-electron chi connectivity index (χ3n) is 5.51. The number of nitrogens with zero attached hydrogens (tertiary/aromatic N) is 4. The zero-order valence-electron chi connectivity index (χ0n) is 17.8. The number of hydrogen-bond donors (Lipinski definition) is 0. The third kappa shape index (κ3) is 3.83. The predicted octanol–water partition coefficient (Wildman–Crippen LogP) is 3.93. The number of methoxy groups -OCH3 is 1. The molecule has 30 heavy (non-hydrogen) atoms. The van der Waals surface area contributed by atoms with Crippen LogP contribution >= 0.6 is 0 Å². The Labute approximate surface area is 177 Å². The number of fused-ring (bicyclic) bond motifs is 1. The molecule has 0 radical (unpaired) electrons. The minimum Gasteiger partial charge on any atom is -0.495 e. The van der Waals surface area contributed by atoms with Crippen molar-refractivity contribution in [1.29, 1.82) is 0 Å². The van der Waals surface area contributed by atoms with Gasteiger partial charge in [0.1, 0.15) is 5.75 Å². The Balaban J connectivity index is 1.83. The number of aryl methyl sites for hydroxylation is 1. The summed E-state index contributed by atoms with van der Waals surface area (Å²) in [6.07, 6.45) is 1.60. The summed E-state index contributed by atoms with van der Waals surface area (Å²) in [4.78, 5) is 22.8. The van der Waals surface area contributed by atoms with Gasteiger partial charge >= 0.3 is 0 Å². The molecule has 1 aliphatic rings. The molecule has 2 heterocycles. The quantitative estimate of drug-likeness (QED) is 0.623. The molecule has 156 valence electrons. The van der Waals surface area contributed by atoms with E-state index >= 15 is 0 Å². The number of anilines is 2. The molecule has 0 bridgehead atoms. The zero-order chi connectivity index (χ0) is 21.1. The highest BCUT2D eigenvalue weighted by Gasteiger charge is 2.29. The number of hydrogen-bond acceptors (Lipinski definition) is 5. The molecule has 6 nitrogen and oxygen atoms in total. The van der Waals surface area contributed by atoms with Crippen LogP contribution in [0.5, 0.6) is 5.75 Å². The van der Waals surface area contributed by atoms with E-state index < -0.39 is 0 Å². The monoisotopic (exact) mass is 404 g/mol. The molecule has 1 aromatic heterocycles. The first-order valence-corrected chi connectivity index (χ1v) is 10.4. The largest absolute Gasteiger partial charge is 0.495 e. The zero-order valence-corrected chi connectivity index (χ0v) is 17.8.